The fourth-order valence-corrected chi connectivity index (χ4v) is 5.08. The molecule has 2 N–H and O–H groups in total. The van der Waals surface area contributed by atoms with E-state index in [4.69, 9.17) is 0 Å². The van der Waals surface area contributed by atoms with Crippen LogP contribution in [0.5, 0.6) is 0 Å². The number of anilines is 3. The summed E-state index contributed by atoms with van der Waals surface area (Å²) in [5.74, 6) is 0. The molecule has 0 fully saturated rings. The lowest BCUT2D eigenvalue weighted by atomic mass is 10.1. The number of halogens is 3. The maximum atomic E-state index is 13.1. The summed E-state index contributed by atoms with van der Waals surface area (Å²) in [6.45, 7) is 2.13. The van der Waals surface area contributed by atoms with Gasteiger partial charge in [-0.05, 0) is 61.4 Å². The monoisotopic (exact) mass is 475 g/mol. The van der Waals surface area contributed by atoms with Crippen molar-refractivity contribution in [1.82, 2.24) is 0 Å². The molecule has 0 saturated heterocycles. The lowest BCUT2D eigenvalue weighted by Gasteiger charge is -2.20. The lowest BCUT2D eigenvalue weighted by molar-refractivity contribution is -0.137. The number of nitrogens with one attached hydrogen (secondary N) is 2. The molecule has 10 heteroatoms. The quantitative estimate of drug-likeness (QED) is 0.530. The van der Waals surface area contributed by atoms with Crippen LogP contribution in [0.3, 0.4) is 0 Å². The average molecular weight is 475 g/mol. The van der Waals surface area contributed by atoms with E-state index in [0.29, 0.717) is 17.8 Å². The topological polar surface area (TPSA) is 78.5 Å². The number of urea groups is 1. The molecule has 3 aromatic rings. The summed E-state index contributed by atoms with van der Waals surface area (Å²) in [7, 11) is -3.78. The molecule has 6 nitrogen and oxygen atoms in total. The van der Waals surface area contributed by atoms with E-state index in [0.717, 1.165) is 23.3 Å². The third-order valence-electron chi connectivity index (χ3n) is 5.25. The van der Waals surface area contributed by atoms with Gasteiger partial charge >= 0.3 is 12.2 Å². The Kier molecular flexibility index (Phi) is 5.79. The highest BCUT2D eigenvalue weighted by molar-refractivity contribution is 7.92. The van der Waals surface area contributed by atoms with Gasteiger partial charge in [0.25, 0.3) is 10.0 Å². The lowest BCUT2D eigenvalue weighted by Crippen LogP contribution is -2.29. The van der Waals surface area contributed by atoms with Crippen molar-refractivity contribution < 1.29 is 26.4 Å². The normalized spacial score (nSPS) is 13.5. The summed E-state index contributed by atoms with van der Waals surface area (Å²) >= 11 is 0. The van der Waals surface area contributed by atoms with Crippen molar-refractivity contribution in [2.24, 2.45) is 0 Å². The first kappa shape index (κ1) is 22.7. The SMILES string of the molecule is Cc1ccc(S(=O)(=O)N2CCc3ccc(NC(=O)Nc4cccc(C(F)(F)F)c4)cc32)cc1. The van der Waals surface area contributed by atoms with Gasteiger partial charge in [-0.1, -0.05) is 29.8 Å². The van der Waals surface area contributed by atoms with Crippen molar-refractivity contribution in [1.29, 1.82) is 0 Å². The van der Waals surface area contributed by atoms with Gasteiger partial charge in [-0.15, -0.1) is 0 Å². The summed E-state index contributed by atoms with van der Waals surface area (Å²) in [5, 5.41) is 4.91. The van der Waals surface area contributed by atoms with Gasteiger partial charge in [0.15, 0.2) is 0 Å². The summed E-state index contributed by atoms with van der Waals surface area (Å²) in [4.78, 5) is 12.5. The molecule has 4 rings (SSSR count). The van der Waals surface area contributed by atoms with Crippen molar-refractivity contribution in [3.05, 3.63) is 83.4 Å². The number of fused-ring (bicyclic) bond motifs is 1. The van der Waals surface area contributed by atoms with Crippen LogP contribution in [0, 0.1) is 6.92 Å². The molecule has 1 aliphatic heterocycles. The van der Waals surface area contributed by atoms with Gasteiger partial charge < -0.3 is 10.6 Å². The molecule has 2 amide bonds. The molecule has 0 aliphatic carbocycles. The number of carbonyl (C=O) groups is 1. The first-order valence-electron chi connectivity index (χ1n) is 10.0. The maximum absolute atomic E-state index is 13.1. The van der Waals surface area contributed by atoms with E-state index in [-0.39, 0.29) is 17.1 Å². The molecule has 33 heavy (non-hydrogen) atoms. The highest BCUT2D eigenvalue weighted by atomic mass is 32.2. The van der Waals surface area contributed by atoms with E-state index in [1.54, 1.807) is 42.5 Å². The zero-order valence-electron chi connectivity index (χ0n) is 17.5. The number of hydrogen-bond donors (Lipinski definition) is 2. The Morgan fingerprint density at radius 2 is 1.61 bits per heavy atom. The van der Waals surface area contributed by atoms with Crippen molar-refractivity contribution in [2.75, 3.05) is 21.5 Å². The second-order valence-corrected chi connectivity index (χ2v) is 9.50. The number of carbonyl (C=O) groups excluding carboxylic acids is 1. The van der Waals surface area contributed by atoms with E-state index < -0.39 is 27.8 Å². The fourth-order valence-electron chi connectivity index (χ4n) is 3.58. The Morgan fingerprint density at radius 1 is 0.939 bits per heavy atom. The molecular formula is C23H20F3N3O3S. The number of sulfonamides is 1. The van der Waals surface area contributed by atoms with Crippen LogP contribution in [-0.2, 0) is 22.6 Å². The minimum Gasteiger partial charge on any atom is -0.308 e. The second kappa shape index (κ2) is 8.43. The number of rotatable bonds is 4. The Labute approximate surface area is 189 Å². The standard InChI is InChI=1S/C23H20F3N3O3S/c1-15-5-9-20(10-6-15)33(31,32)29-12-11-16-7-8-19(14-21(16)29)28-22(30)27-18-4-2-3-17(13-18)23(24,25)26/h2-10,13-14H,11-12H2,1H3,(H2,27,28,30). The number of nitrogens with zero attached hydrogens (tertiary/aromatic N) is 1. The minimum atomic E-state index is -4.53. The summed E-state index contributed by atoms with van der Waals surface area (Å²) in [5.41, 5.74) is 1.61. The first-order valence-corrected chi connectivity index (χ1v) is 11.5. The molecule has 0 bridgehead atoms. The number of aryl methyl sites for hydroxylation is 1. The molecule has 0 saturated carbocycles. The molecule has 1 heterocycles. The van der Waals surface area contributed by atoms with Crippen molar-refractivity contribution >= 4 is 33.1 Å². The van der Waals surface area contributed by atoms with Crippen molar-refractivity contribution in [3.63, 3.8) is 0 Å². The van der Waals surface area contributed by atoms with Crippen LogP contribution in [0.2, 0.25) is 0 Å². The smallest absolute Gasteiger partial charge is 0.308 e. The van der Waals surface area contributed by atoms with Gasteiger partial charge in [0.1, 0.15) is 0 Å². The van der Waals surface area contributed by atoms with Crippen LogP contribution in [0.15, 0.2) is 71.6 Å². The summed E-state index contributed by atoms with van der Waals surface area (Å²) in [6.07, 6.45) is -4.00. The van der Waals surface area contributed by atoms with E-state index in [1.165, 1.54) is 16.4 Å². The molecule has 3 aromatic carbocycles. The zero-order valence-corrected chi connectivity index (χ0v) is 18.3. The Bertz CT molecular complexity index is 1310. The molecule has 0 aromatic heterocycles. The van der Waals surface area contributed by atoms with Gasteiger partial charge in [-0.25, -0.2) is 13.2 Å². The predicted octanol–water partition coefficient (Wildman–Crippen LogP) is 5.41. The van der Waals surface area contributed by atoms with Crippen LogP contribution < -0.4 is 14.9 Å². The molecule has 1 aliphatic rings. The van der Waals surface area contributed by atoms with Crippen molar-refractivity contribution in [2.45, 2.75) is 24.4 Å². The molecular weight excluding hydrogens is 455 g/mol. The van der Waals surface area contributed by atoms with E-state index in [1.807, 2.05) is 6.92 Å². The zero-order chi connectivity index (χ0) is 23.8. The first-order chi connectivity index (χ1) is 15.5. The van der Waals surface area contributed by atoms with Crippen LogP contribution in [0.1, 0.15) is 16.7 Å². The van der Waals surface area contributed by atoms with Crippen LogP contribution in [0.25, 0.3) is 0 Å². The van der Waals surface area contributed by atoms with Crippen LogP contribution >= 0.6 is 0 Å². The number of amides is 2. The minimum absolute atomic E-state index is 0.0212. The number of hydrogen-bond acceptors (Lipinski definition) is 3. The molecule has 0 radical (unpaired) electrons. The third kappa shape index (κ3) is 4.80. The molecule has 0 spiro atoms. The molecule has 0 atom stereocenters. The van der Waals surface area contributed by atoms with Gasteiger partial charge in [-0.3, -0.25) is 4.31 Å². The van der Waals surface area contributed by atoms with E-state index in [2.05, 4.69) is 10.6 Å². The Hall–Kier alpha value is -3.53. The Morgan fingerprint density at radius 3 is 2.27 bits per heavy atom. The Balaban J connectivity index is 1.53. The van der Waals surface area contributed by atoms with Crippen LogP contribution in [-0.4, -0.2) is 21.0 Å². The molecule has 0 unspecified atom stereocenters. The highest BCUT2D eigenvalue weighted by Crippen LogP contribution is 2.35. The van der Waals surface area contributed by atoms with Gasteiger partial charge in [0.05, 0.1) is 16.1 Å². The third-order valence-corrected chi connectivity index (χ3v) is 7.08. The van der Waals surface area contributed by atoms with E-state index >= 15 is 0 Å². The largest absolute Gasteiger partial charge is 0.416 e. The molecule has 172 valence electrons. The summed E-state index contributed by atoms with van der Waals surface area (Å²) in [6, 6.07) is 15.0. The average Bonchev–Trinajstić information content (AvgIpc) is 3.17. The van der Waals surface area contributed by atoms with Crippen LogP contribution in [0.4, 0.5) is 35.0 Å². The van der Waals surface area contributed by atoms with Gasteiger partial charge in [0.2, 0.25) is 0 Å². The van der Waals surface area contributed by atoms with Crippen molar-refractivity contribution in [3.8, 4) is 0 Å². The van der Waals surface area contributed by atoms with Gasteiger partial charge in [0, 0.05) is 17.9 Å². The van der Waals surface area contributed by atoms with E-state index in [9.17, 15) is 26.4 Å². The maximum Gasteiger partial charge on any atom is 0.416 e. The summed E-state index contributed by atoms with van der Waals surface area (Å²) < 4.78 is 66.2. The second-order valence-electron chi connectivity index (χ2n) is 7.64. The van der Waals surface area contributed by atoms with Gasteiger partial charge in [-0.2, -0.15) is 13.2 Å². The number of alkyl halides is 3. The highest BCUT2D eigenvalue weighted by Gasteiger charge is 2.32. The fraction of sp³-hybridized carbons (Fsp3) is 0.174. The predicted molar refractivity (Wildman–Crippen MR) is 120 cm³/mol. The number of benzene rings is 3.